The monoisotopic (exact) mass is 260 g/mol. The minimum Gasteiger partial charge on any atom is -0.508 e. The Bertz CT molecular complexity index is 467. The SMILES string of the molecule is C[C@H]1CCC[C@H](C)C1=NNC(=O)c1ccc(O)cc1. The summed E-state index contributed by atoms with van der Waals surface area (Å²) in [7, 11) is 0. The Balaban J connectivity index is 2.04. The van der Waals surface area contributed by atoms with Gasteiger partial charge in [-0.05, 0) is 48.9 Å². The van der Waals surface area contributed by atoms with E-state index in [4.69, 9.17) is 0 Å². The molecule has 2 rings (SSSR count). The number of phenols is 1. The first-order valence-electron chi connectivity index (χ1n) is 6.74. The fourth-order valence-electron chi connectivity index (χ4n) is 2.52. The lowest BCUT2D eigenvalue weighted by Gasteiger charge is -2.26. The maximum atomic E-state index is 11.9. The first kappa shape index (κ1) is 13.6. The molecular formula is C15H20N2O2. The third-order valence-electron chi connectivity index (χ3n) is 3.70. The predicted octanol–water partition coefficient (Wildman–Crippen LogP) is 2.93. The quantitative estimate of drug-likeness (QED) is 0.803. The van der Waals surface area contributed by atoms with Crippen LogP contribution in [0.5, 0.6) is 5.75 Å². The van der Waals surface area contributed by atoms with Crippen LogP contribution in [0.15, 0.2) is 29.4 Å². The molecule has 1 amide bonds. The van der Waals surface area contributed by atoms with Gasteiger partial charge in [0.2, 0.25) is 0 Å². The third-order valence-corrected chi connectivity index (χ3v) is 3.70. The second-order valence-corrected chi connectivity index (χ2v) is 5.26. The largest absolute Gasteiger partial charge is 0.508 e. The number of nitrogens with zero attached hydrogens (tertiary/aromatic N) is 1. The van der Waals surface area contributed by atoms with Gasteiger partial charge in [-0.1, -0.05) is 20.3 Å². The standard InChI is InChI=1S/C15H20N2O2/c1-10-4-3-5-11(2)14(10)16-17-15(19)12-6-8-13(18)9-7-12/h6-11,18H,3-5H2,1-2H3,(H,17,19)/t10-,11-/m0/s1. The first-order valence-corrected chi connectivity index (χ1v) is 6.74. The van der Waals surface area contributed by atoms with Crippen LogP contribution in [0.25, 0.3) is 0 Å². The highest BCUT2D eigenvalue weighted by Crippen LogP contribution is 2.25. The van der Waals surface area contributed by atoms with Gasteiger partial charge in [0.15, 0.2) is 0 Å². The average Bonchev–Trinajstić information content (AvgIpc) is 2.38. The van der Waals surface area contributed by atoms with Gasteiger partial charge in [-0.3, -0.25) is 4.79 Å². The van der Waals surface area contributed by atoms with Crippen LogP contribution >= 0.6 is 0 Å². The van der Waals surface area contributed by atoms with E-state index in [2.05, 4.69) is 24.4 Å². The Morgan fingerprint density at radius 3 is 2.37 bits per heavy atom. The fraction of sp³-hybridized carbons (Fsp3) is 0.467. The highest BCUT2D eigenvalue weighted by molar-refractivity contribution is 5.96. The van der Waals surface area contributed by atoms with Crippen molar-refractivity contribution < 1.29 is 9.90 Å². The molecule has 1 aliphatic rings. The highest BCUT2D eigenvalue weighted by Gasteiger charge is 2.23. The van der Waals surface area contributed by atoms with E-state index in [1.807, 2.05) is 0 Å². The Labute approximate surface area is 113 Å². The third kappa shape index (κ3) is 3.34. The van der Waals surface area contributed by atoms with Crippen molar-refractivity contribution in [2.75, 3.05) is 0 Å². The lowest BCUT2D eigenvalue weighted by atomic mass is 9.81. The number of hydrazone groups is 1. The zero-order chi connectivity index (χ0) is 13.8. The van der Waals surface area contributed by atoms with Crippen LogP contribution in [0.3, 0.4) is 0 Å². The molecule has 0 saturated heterocycles. The van der Waals surface area contributed by atoms with Gasteiger partial charge < -0.3 is 5.11 Å². The van der Waals surface area contributed by atoms with E-state index in [0.717, 1.165) is 18.6 Å². The summed E-state index contributed by atoms with van der Waals surface area (Å²) >= 11 is 0. The molecule has 2 atom stereocenters. The highest BCUT2D eigenvalue weighted by atomic mass is 16.3. The molecule has 0 aromatic heterocycles. The van der Waals surface area contributed by atoms with Crippen LogP contribution in [0.4, 0.5) is 0 Å². The molecule has 2 N–H and O–H groups in total. The van der Waals surface area contributed by atoms with E-state index in [9.17, 15) is 9.90 Å². The number of phenolic OH excluding ortho intramolecular Hbond substituents is 1. The summed E-state index contributed by atoms with van der Waals surface area (Å²) in [5.41, 5.74) is 4.20. The lowest BCUT2D eigenvalue weighted by Crippen LogP contribution is -2.29. The molecule has 1 fully saturated rings. The lowest BCUT2D eigenvalue weighted by molar-refractivity contribution is 0.0954. The van der Waals surface area contributed by atoms with Crippen LogP contribution in [0.2, 0.25) is 0 Å². The number of carbonyl (C=O) groups is 1. The maximum absolute atomic E-state index is 11.9. The molecular weight excluding hydrogens is 240 g/mol. The molecule has 4 nitrogen and oxygen atoms in total. The molecule has 19 heavy (non-hydrogen) atoms. The summed E-state index contributed by atoms with van der Waals surface area (Å²) in [4.78, 5) is 11.9. The van der Waals surface area contributed by atoms with Crippen LogP contribution in [0.1, 0.15) is 43.5 Å². The van der Waals surface area contributed by atoms with Gasteiger partial charge in [0.1, 0.15) is 5.75 Å². The zero-order valence-electron chi connectivity index (χ0n) is 11.4. The van der Waals surface area contributed by atoms with Crippen LogP contribution in [-0.4, -0.2) is 16.7 Å². The molecule has 0 spiro atoms. The van der Waals surface area contributed by atoms with E-state index in [1.165, 1.54) is 18.6 Å². The normalized spacial score (nSPS) is 22.9. The van der Waals surface area contributed by atoms with E-state index in [1.54, 1.807) is 12.1 Å². The van der Waals surface area contributed by atoms with Crippen molar-refractivity contribution in [1.29, 1.82) is 0 Å². The Hall–Kier alpha value is -1.84. The van der Waals surface area contributed by atoms with E-state index in [0.29, 0.717) is 17.4 Å². The summed E-state index contributed by atoms with van der Waals surface area (Å²) in [6.07, 6.45) is 3.50. The van der Waals surface area contributed by atoms with Crippen LogP contribution < -0.4 is 5.43 Å². The Kier molecular flexibility index (Phi) is 4.20. The maximum Gasteiger partial charge on any atom is 0.271 e. The van der Waals surface area contributed by atoms with Crippen molar-refractivity contribution >= 4 is 11.6 Å². The summed E-state index contributed by atoms with van der Waals surface area (Å²) in [6.45, 7) is 4.31. The van der Waals surface area contributed by atoms with Gasteiger partial charge in [-0.2, -0.15) is 5.10 Å². The van der Waals surface area contributed by atoms with Gasteiger partial charge in [0.25, 0.3) is 5.91 Å². The molecule has 102 valence electrons. The molecule has 0 radical (unpaired) electrons. The number of hydrogen-bond donors (Lipinski definition) is 2. The van der Waals surface area contributed by atoms with Gasteiger partial charge in [-0.25, -0.2) is 5.43 Å². The van der Waals surface area contributed by atoms with Crippen molar-refractivity contribution in [1.82, 2.24) is 5.43 Å². The van der Waals surface area contributed by atoms with Crippen LogP contribution in [0, 0.1) is 11.8 Å². The Morgan fingerprint density at radius 2 is 1.79 bits per heavy atom. The summed E-state index contributed by atoms with van der Waals surface area (Å²) < 4.78 is 0. The fourth-order valence-corrected chi connectivity index (χ4v) is 2.52. The molecule has 1 aromatic rings. The van der Waals surface area contributed by atoms with E-state index >= 15 is 0 Å². The molecule has 1 aliphatic carbocycles. The molecule has 4 heteroatoms. The van der Waals surface area contributed by atoms with Crippen molar-refractivity contribution in [2.45, 2.75) is 33.1 Å². The molecule has 0 bridgehead atoms. The molecule has 1 saturated carbocycles. The first-order chi connectivity index (χ1) is 9.08. The molecule has 0 aliphatic heterocycles. The topological polar surface area (TPSA) is 61.7 Å². The van der Waals surface area contributed by atoms with Crippen LogP contribution in [-0.2, 0) is 0 Å². The van der Waals surface area contributed by atoms with Gasteiger partial charge in [0.05, 0.1) is 0 Å². The average molecular weight is 260 g/mol. The van der Waals surface area contributed by atoms with Crippen molar-refractivity contribution in [2.24, 2.45) is 16.9 Å². The molecule has 0 heterocycles. The van der Waals surface area contributed by atoms with E-state index < -0.39 is 0 Å². The summed E-state index contributed by atoms with van der Waals surface area (Å²) in [5.74, 6) is 0.780. The molecule has 0 unspecified atom stereocenters. The number of nitrogens with one attached hydrogen (secondary N) is 1. The second kappa shape index (κ2) is 5.87. The summed E-state index contributed by atoms with van der Waals surface area (Å²) in [6, 6.07) is 6.15. The number of benzene rings is 1. The minimum atomic E-state index is -0.238. The van der Waals surface area contributed by atoms with Crippen molar-refractivity contribution in [3.05, 3.63) is 29.8 Å². The van der Waals surface area contributed by atoms with Gasteiger partial charge in [0, 0.05) is 11.3 Å². The predicted molar refractivity (Wildman–Crippen MR) is 75.2 cm³/mol. The summed E-state index contributed by atoms with van der Waals surface area (Å²) in [5, 5.41) is 13.5. The number of rotatable bonds is 2. The number of aromatic hydroxyl groups is 1. The molecule has 1 aromatic carbocycles. The van der Waals surface area contributed by atoms with Crippen molar-refractivity contribution in [3.8, 4) is 5.75 Å². The van der Waals surface area contributed by atoms with Gasteiger partial charge in [-0.15, -0.1) is 0 Å². The number of amides is 1. The van der Waals surface area contributed by atoms with E-state index in [-0.39, 0.29) is 11.7 Å². The zero-order valence-corrected chi connectivity index (χ0v) is 11.4. The second-order valence-electron chi connectivity index (χ2n) is 5.26. The Morgan fingerprint density at radius 1 is 1.21 bits per heavy atom. The van der Waals surface area contributed by atoms with Crippen molar-refractivity contribution in [3.63, 3.8) is 0 Å². The smallest absolute Gasteiger partial charge is 0.271 e. The number of carbonyl (C=O) groups excluding carboxylic acids is 1. The minimum absolute atomic E-state index is 0.150. The van der Waals surface area contributed by atoms with Gasteiger partial charge >= 0.3 is 0 Å². The number of hydrogen-bond acceptors (Lipinski definition) is 3.